The second kappa shape index (κ2) is 9.85. The number of benzene rings is 3. The summed E-state index contributed by atoms with van der Waals surface area (Å²) in [6, 6.07) is 21.6. The molecule has 31 heavy (non-hydrogen) atoms. The number of methoxy groups -OCH3 is 1. The number of ether oxygens (including phenoxy) is 2. The van der Waals surface area contributed by atoms with E-state index in [9.17, 15) is 20.2 Å². The van der Waals surface area contributed by atoms with Gasteiger partial charge in [0.05, 0.1) is 12.0 Å². The highest BCUT2D eigenvalue weighted by molar-refractivity contribution is 6.14. The van der Waals surface area contributed by atoms with Gasteiger partial charge < -0.3 is 9.47 Å². The van der Waals surface area contributed by atoms with Gasteiger partial charge >= 0.3 is 0 Å². The Bertz CT molecular complexity index is 1160. The Morgan fingerprint density at radius 1 is 1.06 bits per heavy atom. The number of hydrogen-bond donors (Lipinski definition) is 0. The maximum absolute atomic E-state index is 12.6. The van der Waals surface area contributed by atoms with Crippen molar-refractivity contribution in [3.05, 3.63) is 105 Å². The molecule has 154 valence electrons. The number of nitriles is 1. The first-order valence-electron chi connectivity index (χ1n) is 9.27. The topological polar surface area (TPSA) is 102 Å². The van der Waals surface area contributed by atoms with Crippen molar-refractivity contribution in [2.45, 2.75) is 6.61 Å². The third-order valence-corrected chi connectivity index (χ3v) is 4.44. The lowest BCUT2D eigenvalue weighted by molar-refractivity contribution is -0.384. The van der Waals surface area contributed by atoms with Crippen molar-refractivity contribution in [1.82, 2.24) is 0 Å². The number of allylic oxidation sites excluding steroid dienone is 1. The Labute approximate surface area is 178 Å². The van der Waals surface area contributed by atoms with Crippen LogP contribution in [0.4, 0.5) is 5.69 Å². The molecule has 0 atom stereocenters. The fourth-order valence-electron chi connectivity index (χ4n) is 2.83. The smallest absolute Gasteiger partial charge is 0.269 e. The van der Waals surface area contributed by atoms with Crippen molar-refractivity contribution < 1.29 is 19.2 Å². The first kappa shape index (κ1) is 21.3. The zero-order valence-electron chi connectivity index (χ0n) is 16.6. The second-order valence-corrected chi connectivity index (χ2v) is 6.49. The summed E-state index contributed by atoms with van der Waals surface area (Å²) in [7, 11) is 1.50. The molecule has 0 saturated heterocycles. The lowest BCUT2D eigenvalue weighted by Gasteiger charge is -2.12. The molecule has 0 amide bonds. The predicted molar refractivity (Wildman–Crippen MR) is 115 cm³/mol. The maximum Gasteiger partial charge on any atom is 0.269 e. The van der Waals surface area contributed by atoms with Crippen molar-refractivity contribution in [2.24, 2.45) is 0 Å². The number of nitrogens with zero attached hydrogens (tertiary/aromatic N) is 2. The van der Waals surface area contributed by atoms with Crippen LogP contribution in [0.15, 0.2) is 78.4 Å². The summed E-state index contributed by atoms with van der Waals surface area (Å²) in [6.45, 7) is 0.162. The van der Waals surface area contributed by atoms with Gasteiger partial charge in [0.25, 0.3) is 5.69 Å². The minimum absolute atomic E-state index is 0.000538. The zero-order chi connectivity index (χ0) is 22.2. The van der Waals surface area contributed by atoms with E-state index in [-0.39, 0.29) is 23.7 Å². The number of Topliss-reactive ketones (excluding diaryl/α,β-unsaturated/α-hetero) is 1. The summed E-state index contributed by atoms with van der Waals surface area (Å²) in [5.74, 6) is 0.526. The maximum atomic E-state index is 12.6. The highest BCUT2D eigenvalue weighted by Gasteiger charge is 2.13. The zero-order valence-corrected chi connectivity index (χ0v) is 16.6. The number of carbonyl (C=O) groups excluding carboxylic acids is 1. The molecule has 3 rings (SSSR count). The van der Waals surface area contributed by atoms with Gasteiger partial charge in [-0.25, -0.2) is 0 Å². The highest BCUT2D eigenvalue weighted by Crippen LogP contribution is 2.30. The van der Waals surface area contributed by atoms with Gasteiger partial charge in [-0.15, -0.1) is 0 Å². The van der Waals surface area contributed by atoms with Crippen LogP contribution >= 0.6 is 0 Å². The number of hydrogen-bond acceptors (Lipinski definition) is 6. The van der Waals surface area contributed by atoms with E-state index < -0.39 is 4.92 Å². The number of carbonyl (C=O) groups is 1. The van der Waals surface area contributed by atoms with Gasteiger partial charge in [0.1, 0.15) is 18.2 Å². The first-order valence-corrected chi connectivity index (χ1v) is 9.27. The van der Waals surface area contributed by atoms with Crippen molar-refractivity contribution >= 4 is 17.5 Å². The van der Waals surface area contributed by atoms with E-state index in [1.54, 1.807) is 60.7 Å². The quantitative estimate of drug-likeness (QED) is 0.169. The standard InChI is InChI=1S/C24H18N2O5/c1-30-22-12-9-18(13-20(15-25)24(27)19-5-3-2-4-6-19)14-23(22)31-16-17-7-10-21(11-8-17)26(28)29/h2-14H,16H2,1H3/b20-13+. The molecule has 0 fully saturated rings. The van der Waals surface area contributed by atoms with Crippen LogP contribution in [0.5, 0.6) is 11.5 Å². The summed E-state index contributed by atoms with van der Waals surface area (Å²) < 4.78 is 11.1. The van der Waals surface area contributed by atoms with Gasteiger partial charge in [0.15, 0.2) is 11.5 Å². The normalized spacial score (nSPS) is 10.8. The molecule has 0 unspecified atom stereocenters. The summed E-state index contributed by atoms with van der Waals surface area (Å²) in [5, 5.41) is 20.2. The van der Waals surface area contributed by atoms with Crippen molar-refractivity contribution in [3.63, 3.8) is 0 Å². The summed E-state index contributed by atoms with van der Waals surface area (Å²) >= 11 is 0. The van der Waals surface area contributed by atoms with Gasteiger partial charge in [-0.3, -0.25) is 14.9 Å². The van der Waals surface area contributed by atoms with Crippen LogP contribution in [0.3, 0.4) is 0 Å². The predicted octanol–water partition coefficient (Wildman–Crippen LogP) is 4.97. The molecule has 0 heterocycles. The average molecular weight is 414 g/mol. The molecule has 0 aromatic heterocycles. The van der Waals surface area contributed by atoms with Crippen LogP contribution < -0.4 is 9.47 Å². The van der Waals surface area contributed by atoms with E-state index in [1.807, 2.05) is 6.07 Å². The minimum atomic E-state index is -0.465. The van der Waals surface area contributed by atoms with Gasteiger partial charge in [-0.2, -0.15) is 5.26 Å². The molecule has 0 saturated carbocycles. The van der Waals surface area contributed by atoms with Crippen LogP contribution in [0.2, 0.25) is 0 Å². The second-order valence-electron chi connectivity index (χ2n) is 6.49. The Morgan fingerprint density at radius 3 is 2.39 bits per heavy atom. The number of non-ortho nitro benzene ring substituents is 1. The molecule has 3 aromatic carbocycles. The van der Waals surface area contributed by atoms with Gasteiger partial charge in [-0.05, 0) is 41.5 Å². The molecule has 0 radical (unpaired) electrons. The van der Waals surface area contributed by atoms with E-state index >= 15 is 0 Å². The lowest BCUT2D eigenvalue weighted by Crippen LogP contribution is -2.02. The molecule has 0 aliphatic rings. The molecule has 7 nitrogen and oxygen atoms in total. The van der Waals surface area contributed by atoms with E-state index in [2.05, 4.69) is 0 Å². The fraction of sp³-hybridized carbons (Fsp3) is 0.0833. The third-order valence-electron chi connectivity index (χ3n) is 4.44. The van der Waals surface area contributed by atoms with E-state index in [1.165, 1.54) is 25.3 Å². The molecule has 0 bridgehead atoms. The summed E-state index contributed by atoms with van der Waals surface area (Å²) in [6.07, 6.45) is 1.49. The molecule has 0 N–H and O–H groups in total. The van der Waals surface area contributed by atoms with Crippen molar-refractivity contribution in [2.75, 3.05) is 7.11 Å². The summed E-state index contributed by atoms with van der Waals surface area (Å²) in [4.78, 5) is 22.9. The molecule has 0 aliphatic heterocycles. The number of rotatable bonds is 8. The van der Waals surface area contributed by atoms with Crippen molar-refractivity contribution in [1.29, 1.82) is 5.26 Å². The molecule has 3 aromatic rings. The Kier molecular flexibility index (Phi) is 6.76. The average Bonchev–Trinajstić information content (AvgIpc) is 2.81. The van der Waals surface area contributed by atoms with E-state index in [0.717, 1.165) is 5.56 Å². The molecule has 0 aliphatic carbocycles. The molecule has 0 spiro atoms. The van der Waals surface area contributed by atoms with E-state index in [4.69, 9.17) is 9.47 Å². The number of nitro benzene ring substituents is 1. The third kappa shape index (κ3) is 5.34. The molecular weight excluding hydrogens is 396 g/mol. The fourth-order valence-corrected chi connectivity index (χ4v) is 2.83. The van der Waals surface area contributed by atoms with Crippen LogP contribution in [0, 0.1) is 21.4 Å². The van der Waals surface area contributed by atoms with Crippen LogP contribution in [-0.2, 0) is 6.61 Å². The Balaban J connectivity index is 1.82. The van der Waals surface area contributed by atoms with Crippen LogP contribution in [0.25, 0.3) is 6.08 Å². The lowest BCUT2D eigenvalue weighted by atomic mass is 10.0. The van der Waals surface area contributed by atoms with Crippen LogP contribution in [-0.4, -0.2) is 17.8 Å². The Morgan fingerprint density at radius 2 is 1.77 bits per heavy atom. The minimum Gasteiger partial charge on any atom is -0.493 e. The van der Waals surface area contributed by atoms with Crippen molar-refractivity contribution in [3.8, 4) is 17.6 Å². The largest absolute Gasteiger partial charge is 0.493 e. The van der Waals surface area contributed by atoms with Gasteiger partial charge in [0.2, 0.25) is 5.78 Å². The van der Waals surface area contributed by atoms with E-state index in [0.29, 0.717) is 22.6 Å². The summed E-state index contributed by atoms with van der Waals surface area (Å²) in [5.41, 5.74) is 1.77. The highest BCUT2D eigenvalue weighted by atomic mass is 16.6. The first-order chi connectivity index (χ1) is 15.0. The Hall–Kier alpha value is -4.44. The monoisotopic (exact) mass is 414 g/mol. The molecular formula is C24H18N2O5. The molecule has 7 heteroatoms. The van der Waals surface area contributed by atoms with Crippen LogP contribution in [0.1, 0.15) is 21.5 Å². The number of nitro groups is 1. The SMILES string of the molecule is COc1ccc(/C=C(\C#N)C(=O)c2ccccc2)cc1OCc1ccc([N+](=O)[O-])cc1. The van der Waals surface area contributed by atoms with Gasteiger partial charge in [-0.1, -0.05) is 36.4 Å². The number of ketones is 1. The van der Waals surface area contributed by atoms with Gasteiger partial charge in [0, 0.05) is 17.7 Å².